The number of nitrogens with one attached hydrogen (secondary N) is 1. The van der Waals surface area contributed by atoms with Crippen LogP contribution in [-0.4, -0.2) is 36.7 Å². The van der Waals surface area contributed by atoms with E-state index in [0.29, 0.717) is 31.2 Å². The Bertz CT molecular complexity index is 633. The van der Waals surface area contributed by atoms with Crippen LogP contribution in [0.3, 0.4) is 0 Å². The van der Waals surface area contributed by atoms with E-state index in [4.69, 9.17) is 5.11 Å². The molecule has 1 fully saturated rings. The molecule has 0 radical (unpaired) electrons. The van der Waals surface area contributed by atoms with E-state index in [1.807, 2.05) is 0 Å². The highest BCUT2D eigenvalue weighted by atomic mass is 32.2. The number of carboxylic acid groups (broad SMARTS) is 1. The smallest absolute Gasteiger partial charge is 0.335 e. The molecule has 3 N–H and O–H groups in total. The number of carboxylic acids is 1. The lowest BCUT2D eigenvalue weighted by Crippen LogP contribution is -2.38. The van der Waals surface area contributed by atoms with Gasteiger partial charge in [0.1, 0.15) is 0 Å². The standard InChI is InChI=1S/C14H19NO5S/c1-9-2-3-10(14(17)18)8-13(9)21(19,20)15-11-4-6-12(16)7-5-11/h2-3,8,11-12,15-16H,4-7H2,1H3,(H,17,18). The topological polar surface area (TPSA) is 104 Å². The molecule has 116 valence electrons. The summed E-state index contributed by atoms with van der Waals surface area (Å²) in [5, 5.41) is 18.4. The number of hydrogen-bond donors (Lipinski definition) is 3. The van der Waals surface area contributed by atoms with Crippen molar-refractivity contribution in [2.45, 2.75) is 49.6 Å². The molecule has 1 aromatic rings. The molecular weight excluding hydrogens is 294 g/mol. The SMILES string of the molecule is Cc1ccc(C(=O)O)cc1S(=O)(=O)NC1CCC(O)CC1. The highest BCUT2D eigenvalue weighted by Gasteiger charge is 2.26. The van der Waals surface area contributed by atoms with Crippen molar-refractivity contribution in [2.75, 3.05) is 0 Å². The molecule has 0 spiro atoms. The molecule has 6 nitrogen and oxygen atoms in total. The van der Waals surface area contributed by atoms with Gasteiger partial charge in [-0.3, -0.25) is 0 Å². The van der Waals surface area contributed by atoms with Crippen molar-refractivity contribution in [3.63, 3.8) is 0 Å². The second-order valence-electron chi connectivity index (χ2n) is 5.41. The van der Waals surface area contributed by atoms with Gasteiger partial charge in [0.25, 0.3) is 0 Å². The normalized spacial score (nSPS) is 23.0. The maximum absolute atomic E-state index is 12.4. The Morgan fingerprint density at radius 3 is 2.43 bits per heavy atom. The largest absolute Gasteiger partial charge is 0.478 e. The Labute approximate surface area is 123 Å². The molecule has 1 saturated carbocycles. The fourth-order valence-corrected chi connectivity index (χ4v) is 4.07. The molecule has 1 aromatic carbocycles. The highest BCUT2D eigenvalue weighted by molar-refractivity contribution is 7.89. The van der Waals surface area contributed by atoms with Crippen molar-refractivity contribution in [3.05, 3.63) is 29.3 Å². The van der Waals surface area contributed by atoms with Gasteiger partial charge in [-0.25, -0.2) is 17.9 Å². The number of hydrogen-bond acceptors (Lipinski definition) is 4. The molecule has 1 aliphatic carbocycles. The first-order chi connectivity index (χ1) is 9.79. The van der Waals surface area contributed by atoms with Gasteiger partial charge < -0.3 is 10.2 Å². The lowest BCUT2D eigenvalue weighted by molar-refractivity contribution is 0.0696. The number of aromatic carboxylic acids is 1. The van der Waals surface area contributed by atoms with Crippen molar-refractivity contribution in [3.8, 4) is 0 Å². The van der Waals surface area contributed by atoms with Gasteiger partial charge in [-0.2, -0.15) is 0 Å². The number of aliphatic hydroxyl groups is 1. The van der Waals surface area contributed by atoms with Crippen molar-refractivity contribution >= 4 is 16.0 Å². The zero-order valence-corrected chi connectivity index (χ0v) is 12.6. The van der Waals surface area contributed by atoms with Gasteiger partial charge in [0.2, 0.25) is 10.0 Å². The monoisotopic (exact) mass is 313 g/mol. The van der Waals surface area contributed by atoms with E-state index in [-0.39, 0.29) is 22.6 Å². The predicted octanol–water partition coefficient (Wildman–Crippen LogP) is 1.28. The molecule has 0 bridgehead atoms. The van der Waals surface area contributed by atoms with Crippen LogP contribution in [0.1, 0.15) is 41.6 Å². The third-order valence-corrected chi connectivity index (χ3v) is 5.41. The minimum absolute atomic E-state index is 0.00600. The van der Waals surface area contributed by atoms with E-state index < -0.39 is 16.0 Å². The first-order valence-corrected chi connectivity index (χ1v) is 8.32. The van der Waals surface area contributed by atoms with Crippen LogP contribution in [0, 0.1) is 6.92 Å². The fraction of sp³-hybridized carbons (Fsp3) is 0.500. The van der Waals surface area contributed by atoms with Crippen molar-refractivity contribution in [1.29, 1.82) is 0 Å². The highest BCUT2D eigenvalue weighted by Crippen LogP contribution is 2.22. The maximum atomic E-state index is 12.4. The fourth-order valence-electron chi connectivity index (χ4n) is 2.50. The number of rotatable bonds is 4. The number of aryl methyl sites for hydroxylation is 1. The summed E-state index contributed by atoms with van der Waals surface area (Å²) in [6, 6.07) is 3.83. The summed E-state index contributed by atoms with van der Waals surface area (Å²) in [6.45, 7) is 1.63. The Kier molecular flexibility index (Phi) is 4.65. The third-order valence-electron chi connectivity index (χ3n) is 3.74. The van der Waals surface area contributed by atoms with Crippen LogP contribution in [0.15, 0.2) is 23.1 Å². The van der Waals surface area contributed by atoms with Gasteiger partial charge in [0, 0.05) is 6.04 Å². The van der Waals surface area contributed by atoms with Gasteiger partial charge >= 0.3 is 5.97 Å². The van der Waals surface area contributed by atoms with E-state index in [2.05, 4.69) is 4.72 Å². The van der Waals surface area contributed by atoms with Gasteiger partial charge in [-0.1, -0.05) is 6.07 Å². The van der Waals surface area contributed by atoms with Crippen LogP contribution in [0.2, 0.25) is 0 Å². The average Bonchev–Trinajstić information content (AvgIpc) is 2.41. The average molecular weight is 313 g/mol. The number of carbonyl (C=O) groups is 1. The van der Waals surface area contributed by atoms with Crippen LogP contribution in [0.5, 0.6) is 0 Å². The lowest BCUT2D eigenvalue weighted by atomic mass is 9.94. The molecule has 0 amide bonds. The maximum Gasteiger partial charge on any atom is 0.335 e. The Morgan fingerprint density at radius 2 is 1.86 bits per heavy atom. The minimum Gasteiger partial charge on any atom is -0.478 e. The molecule has 0 aromatic heterocycles. The molecule has 1 aliphatic rings. The zero-order chi connectivity index (χ0) is 15.6. The molecule has 2 rings (SSSR count). The van der Waals surface area contributed by atoms with Crippen molar-refractivity contribution in [2.24, 2.45) is 0 Å². The van der Waals surface area contributed by atoms with Gasteiger partial charge in [0.15, 0.2) is 0 Å². The summed E-state index contributed by atoms with van der Waals surface area (Å²) in [7, 11) is -3.76. The van der Waals surface area contributed by atoms with E-state index in [1.165, 1.54) is 18.2 Å². The minimum atomic E-state index is -3.76. The predicted molar refractivity (Wildman–Crippen MR) is 76.7 cm³/mol. The van der Waals surface area contributed by atoms with Crippen LogP contribution in [0.4, 0.5) is 0 Å². The second-order valence-corrected chi connectivity index (χ2v) is 7.09. The summed E-state index contributed by atoms with van der Waals surface area (Å²) in [4.78, 5) is 11.0. The first kappa shape index (κ1) is 15.9. The van der Waals surface area contributed by atoms with Crippen LogP contribution in [0.25, 0.3) is 0 Å². The van der Waals surface area contributed by atoms with E-state index >= 15 is 0 Å². The summed E-state index contributed by atoms with van der Waals surface area (Å²) < 4.78 is 27.4. The molecule has 0 unspecified atom stereocenters. The number of benzene rings is 1. The van der Waals surface area contributed by atoms with Gasteiger partial charge in [0.05, 0.1) is 16.6 Å². The van der Waals surface area contributed by atoms with Gasteiger partial charge in [-0.05, 0) is 50.3 Å². The summed E-state index contributed by atoms with van der Waals surface area (Å²) >= 11 is 0. The first-order valence-electron chi connectivity index (χ1n) is 6.84. The lowest BCUT2D eigenvalue weighted by Gasteiger charge is -2.26. The second kappa shape index (κ2) is 6.13. The molecule has 21 heavy (non-hydrogen) atoms. The van der Waals surface area contributed by atoms with E-state index in [1.54, 1.807) is 6.92 Å². The molecule has 0 saturated heterocycles. The van der Waals surface area contributed by atoms with Crippen LogP contribution >= 0.6 is 0 Å². The van der Waals surface area contributed by atoms with Crippen LogP contribution < -0.4 is 4.72 Å². The van der Waals surface area contributed by atoms with Crippen molar-refractivity contribution < 1.29 is 23.4 Å². The summed E-state index contributed by atoms with van der Waals surface area (Å²) in [6.07, 6.45) is 1.95. The third kappa shape index (κ3) is 3.81. The Morgan fingerprint density at radius 1 is 1.24 bits per heavy atom. The molecule has 7 heteroatoms. The van der Waals surface area contributed by atoms with Crippen molar-refractivity contribution in [1.82, 2.24) is 4.72 Å². The Hall–Kier alpha value is -1.44. The molecular formula is C14H19NO5S. The number of sulfonamides is 1. The molecule has 0 atom stereocenters. The van der Waals surface area contributed by atoms with E-state index in [0.717, 1.165) is 0 Å². The Balaban J connectivity index is 2.23. The number of aliphatic hydroxyl groups excluding tert-OH is 1. The quantitative estimate of drug-likeness (QED) is 0.776. The molecule has 0 heterocycles. The van der Waals surface area contributed by atoms with E-state index in [9.17, 15) is 18.3 Å². The summed E-state index contributed by atoms with van der Waals surface area (Å²) in [5.41, 5.74) is 0.448. The summed E-state index contributed by atoms with van der Waals surface area (Å²) in [5.74, 6) is -1.16. The molecule has 0 aliphatic heterocycles. The zero-order valence-electron chi connectivity index (χ0n) is 11.7. The van der Waals surface area contributed by atoms with Crippen LogP contribution in [-0.2, 0) is 10.0 Å². The van der Waals surface area contributed by atoms with Gasteiger partial charge in [-0.15, -0.1) is 0 Å².